The minimum Gasteiger partial charge on any atom is -0.478 e. The maximum Gasteiger partial charge on any atom is 0.335 e. The van der Waals surface area contributed by atoms with Crippen LogP contribution in [0.1, 0.15) is 59.7 Å². The van der Waals surface area contributed by atoms with E-state index in [0.29, 0.717) is 29.1 Å². The molecule has 0 aliphatic heterocycles. The number of benzene rings is 15. The van der Waals surface area contributed by atoms with Crippen LogP contribution < -0.4 is 0 Å². The van der Waals surface area contributed by atoms with Crippen molar-refractivity contribution in [2.45, 2.75) is 46.6 Å². The molecule has 10 heterocycles. The van der Waals surface area contributed by atoms with Gasteiger partial charge in [-0.15, -0.1) is 51.0 Å². The molecule has 0 fully saturated rings. The molecule has 0 spiro atoms. The summed E-state index contributed by atoms with van der Waals surface area (Å²) in [5.74, 6) is 1.16. The van der Waals surface area contributed by atoms with Gasteiger partial charge in [0.05, 0.1) is 11.1 Å². The minimum absolute atomic E-state index is 0.286. The van der Waals surface area contributed by atoms with Crippen LogP contribution in [0.2, 0.25) is 0 Å². The van der Waals surface area contributed by atoms with Gasteiger partial charge in [0, 0.05) is 146 Å². The molecular formula is C114H89N25O4. The molecule has 29 heteroatoms. The maximum atomic E-state index is 11.1. The van der Waals surface area contributed by atoms with Gasteiger partial charge in [0.2, 0.25) is 29.1 Å². The monoisotopic (exact) mass is 1870 g/mol. The van der Waals surface area contributed by atoms with Crippen LogP contribution in [0, 0.1) is 13.8 Å². The predicted molar refractivity (Wildman–Crippen MR) is 554 cm³/mol. The third kappa shape index (κ3) is 20.9. The van der Waals surface area contributed by atoms with Crippen molar-refractivity contribution in [3.63, 3.8) is 0 Å². The number of H-pyrrole nitrogens is 5. The molecule has 0 bridgehead atoms. The Labute approximate surface area is 817 Å². The summed E-state index contributed by atoms with van der Waals surface area (Å²) in [6.45, 7) is 8.19. The molecule has 0 amide bonds. The first-order chi connectivity index (χ1) is 70.2. The van der Waals surface area contributed by atoms with Gasteiger partial charge in [-0.25, -0.2) is 9.59 Å². The molecule has 25 aromatic rings. The lowest BCUT2D eigenvalue weighted by molar-refractivity contribution is 0.0686. The number of aromatic carboxylic acids is 2. The van der Waals surface area contributed by atoms with E-state index in [1.807, 2.05) is 72.8 Å². The van der Waals surface area contributed by atoms with E-state index in [0.717, 1.165) is 121 Å². The van der Waals surface area contributed by atoms with Crippen molar-refractivity contribution in [3.8, 4) is 113 Å². The van der Waals surface area contributed by atoms with Crippen LogP contribution in [0.15, 0.2) is 401 Å². The molecule has 143 heavy (non-hydrogen) atoms. The lowest BCUT2D eigenvalue weighted by Crippen LogP contribution is -1.98. The van der Waals surface area contributed by atoms with Gasteiger partial charge >= 0.3 is 11.9 Å². The van der Waals surface area contributed by atoms with Crippen LogP contribution in [0.3, 0.4) is 0 Å². The third-order valence-electron chi connectivity index (χ3n) is 25.1. The largest absolute Gasteiger partial charge is 0.478 e. The summed E-state index contributed by atoms with van der Waals surface area (Å²) in [6, 6.07) is 126. The Morgan fingerprint density at radius 3 is 0.678 bits per heavy atom. The Balaban J connectivity index is 0.000000106. The summed E-state index contributed by atoms with van der Waals surface area (Å²) < 4.78 is 11.2. The average Bonchev–Trinajstić information content (AvgIpc) is 1.69. The van der Waals surface area contributed by atoms with E-state index in [4.69, 9.17) is 10.2 Å². The number of carboxylic acid groups (broad SMARTS) is 2. The number of nitrogens with zero attached hydrogens (tertiary/aromatic N) is 20. The first kappa shape index (κ1) is 89.8. The zero-order chi connectivity index (χ0) is 96.9. The van der Waals surface area contributed by atoms with Gasteiger partial charge in [-0.05, 0) is 287 Å². The zero-order valence-corrected chi connectivity index (χ0v) is 77.3. The number of carbonyl (C=O) groups is 2. The number of nitrogens with one attached hydrogen (secondary N) is 5. The molecule has 7 N–H and O–H groups in total. The van der Waals surface area contributed by atoms with Gasteiger partial charge in [0.1, 0.15) is 0 Å². The average molecular weight is 1870 g/mol. The molecule has 15 aromatic carbocycles. The highest BCUT2D eigenvalue weighted by atomic mass is 16.4. The molecule has 25 rings (SSSR count). The smallest absolute Gasteiger partial charge is 0.335 e. The molecule has 0 aliphatic rings. The van der Waals surface area contributed by atoms with E-state index < -0.39 is 11.9 Å². The molecular weight excluding hydrogens is 1780 g/mol. The molecule has 694 valence electrons. The Morgan fingerprint density at radius 1 is 0.217 bits per heavy atom. The maximum absolute atomic E-state index is 11.1. The number of aromatic amines is 5. The van der Waals surface area contributed by atoms with E-state index >= 15 is 0 Å². The van der Waals surface area contributed by atoms with Crippen LogP contribution in [0.25, 0.3) is 167 Å². The summed E-state index contributed by atoms with van der Waals surface area (Å²) >= 11 is 0. The molecule has 29 nitrogen and oxygen atoms in total. The van der Waals surface area contributed by atoms with E-state index in [-0.39, 0.29) is 11.1 Å². The molecule has 0 atom stereocenters. The first-order valence-corrected chi connectivity index (χ1v) is 46.2. The third-order valence-corrected chi connectivity index (χ3v) is 25.1. The number of tetrazole rings is 5. The number of aryl methyl sites for hydroxylation is 2. The van der Waals surface area contributed by atoms with Gasteiger partial charge < -0.3 is 33.0 Å². The Bertz CT molecular complexity index is 8660. The molecule has 0 saturated carbocycles. The second-order valence-electron chi connectivity index (χ2n) is 34.6. The van der Waals surface area contributed by atoms with Crippen molar-refractivity contribution in [2.24, 2.45) is 0 Å². The van der Waals surface area contributed by atoms with Crippen LogP contribution in [0.4, 0.5) is 0 Å². The highest BCUT2D eigenvalue weighted by Crippen LogP contribution is 2.34. The van der Waals surface area contributed by atoms with Crippen molar-refractivity contribution in [1.82, 2.24) is 126 Å². The summed E-state index contributed by atoms with van der Waals surface area (Å²) in [6.07, 6.45) is 10.5. The normalized spacial score (nSPS) is 11.1. The van der Waals surface area contributed by atoms with Gasteiger partial charge in [-0.1, -0.05) is 217 Å². The lowest BCUT2D eigenvalue weighted by atomic mass is 10.0. The van der Waals surface area contributed by atoms with Crippen LogP contribution in [0.5, 0.6) is 0 Å². The molecule has 0 unspecified atom stereocenters. The summed E-state index contributed by atoms with van der Waals surface area (Å²) in [5.41, 5.74) is 31.4. The molecule has 10 aromatic heterocycles. The van der Waals surface area contributed by atoms with Crippen molar-refractivity contribution >= 4 is 66.5 Å². The number of carboxylic acids is 2. The molecule has 0 aliphatic carbocycles. The predicted octanol–water partition coefficient (Wildman–Crippen LogP) is 22.7. The minimum atomic E-state index is -0.919. The quantitative estimate of drug-likeness (QED) is 0.0331. The van der Waals surface area contributed by atoms with Crippen molar-refractivity contribution in [2.75, 3.05) is 0 Å². The fourth-order valence-corrected chi connectivity index (χ4v) is 17.7. The molecule has 0 saturated heterocycles. The number of aromatic nitrogens is 25. The number of hydrogen-bond donors (Lipinski definition) is 7. The van der Waals surface area contributed by atoms with E-state index in [9.17, 15) is 9.59 Å². The first-order valence-electron chi connectivity index (χ1n) is 46.2. The SMILES string of the molecule is Cc1ccc(-c2ccc(Cn3ccc4cc(-c5nn[nH]n5)ccc43)cc2)cc1.Cc1ccc(-c2cccc(Cn3ccc4cc(-c5nn[nH]n5)ccc43)c2)cc1.O=C(O)c1ccc(-c2ccc(Cn3ccc4cc(-c5nn[nH]n5)ccc43)cc2)cc1.O=C(O)c1ccc(-c2cccc(Cn3ccc4cc(-c5nn[nH]n5)ccc43)c2)cc1.c1ccc(-c2cccc(Cn3ccc4cc(-c5nn[nH]n5)ccc43)c2)cc1. The number of hydrogen-bond acceptors (Lipinski definition) is 17. The summed E-state index contributed by atoms with van der Waals surface area (Å²) in [7, 11) is 0. The summed E-state index contributed by atoms with van der Waals surface area (Å²) in [5, 5.41) is 94.9. The van der Waals surface area contributed by atoms with Crippen LogP contribution in [-0.2, 0) is 32.7 Å². The number of rotatable bonds is 22. The standard InChI is InChI=1S/2C23H17N5O2.2C23H19N5.C22H17N5/c29-23(30)18-7-5-17(6-8-18)16-3-1-15(2-4-16)14-28-12-11-19-13-20(9-10-21(19)28)22-24-26-27-25-22;29-23(30)17-6-4-16(5-7-17)18-3-1-2-15(12-18)14-28-11-10-19-13-20(8-9-21(19)28)22-24-26-27-25-22;1-16-2-6-18(7-3-16)19-8-4-17(5-9-19)15-28-13-12-20-14-21(10-11-22(20)28)23-24-26-27-25-23;1-16-5-7-18(8-6-16)19-4-2-3-17(13-19)15-28-12-11-20-14-21(9-10-22(20)28)23-24-26-27-25-23;1-2-6-17(7-3-1)18-8-4-5-16(13-18)15-27-12-11-19-14-20(9-10-21(19)27)22-23-25-26-24-22/h2*1-13H,14H2,(H,29,30)(H,24,25,26,27);2*2-14H,15H2,1H3,(H,24,25,26,27);1-14H,15H2,(H,23,24,25,26). The van der Waals surface area contributed by atoms with Crippen LogP contribution >= 0.6 is 0 Å². The lowest BCUT2D eigenvalue weighted by Gasteiger charge is -2.09. The van der Waals surface area contributed by atoms with Crippen molar-refractivity contribution in [1.29, 1.82) is 0 Å². The van der Waals surface area contributed by atoms with Crippen molar-refractivity contribution in [3.05, 3.63) is 451 Å². The van der Waals surface area contributed by atoms with Gasteiger partial charge in [0.15, 0.2) is 0 Å². The highest BCUT2D eigenvalue weighted by molar-refractivity contribution is 5.92. The number of fused-ring (bicyclic) bond motifs is 5. The fraction of sp³-hybridized carbons (Fsp3) is 0.0614. The van der Waals surface area contributed by atoms with E-state index in [1.165, 1.54) is 88.7 Å². The second kappa shape index (κ2) is 41.1. The van der Waals surface area contributed by atoms with E-state index in [1.54, 1.807) is 24.3 Å². The van der Waals surface area contributed by atoms with Gasteiger partial charge in [-0.3, -0.25) is 0 Å². The Hall–Kier alpha value is -19.7. The Morgan fingerprint density at radius 2 is 0.434 bits per heavy atom. The topological polar surface area (TPSA) is 372 Å². The summed E-state index contributed by atoms with van der Waals surface area (Å²) in [4.78, 5) is 22.1. The van der Waals surface area contributed by atoms with Gasteiger partial charge in [0.25, 0.3) is 0 Å². The highest BCUT2D eigenvalue weighted by Gasteiger charge is 2.17. The van der Waals surface area contributed by atoms with Crippen molar-refractivity contribution < 1.29 is 19.8 Å². The second-order valence-corrected chi connectivity index (χ2v) is 34.6. The Kier molecular flexibility index (Phi) is 25.8. The van der Waals surface area contributed by atoms with E-state index in [2.05, 4.69) is 444 Å². The van der Waals surface area contributed by atoms with Gasteiger partial charge in [-0.2, -0.15) is 26.1 Å². The van der Waals surface area contributed by atoms with Crippen LogP contribution in [-0.4, -0.2) is 148 Å². The zero-order valence-electron chi connectivity index (χ0n) is 77.3. The fourth-order valence-electron chi connectivity index (χ4n) is 17.7. The molecule has 0 radical (unpaired) electrons.